The van der Waals surface area contributed by atoms with E-state index in [1.165, 1.54) is 4.31 Å². The molecule has 0 saturated carbocycles. The van der Waals surface area contributed by atoms with Gasteiger partial charge in [-0.15, -0.1) is 0 Å². The van der Waals surface area contributed by atoms with Gasteiger partial charge in [0, 0.05) is 13.1 Å². The zero-order valence-electron chi connectivity index (χ0n) is 11.7. The van der Waals surface area contributed by atoms with Gasteiger partial charge in [-0.3, -0.25) is 0 Å². The minimum Gasteiger partial charge on any atom is -0.478 e. The van der Waals surface area contributed by atoms with Crippen LogP contribution < -0.4 is 0 Å². The lowest BCUT2D eigenvalue weighted by Gasteiger charge is -2.29. The Bertz CT molecular complexity index is 712. The predicted octanol–water partition coefficient (Wildman–Crippen LogP) is 2.11. The zero-order valence-corrected chi connectivity index (χ0v) is 12.5. The van der Waals surface area contributed by atoms with E-state index in [1.807, 2.05) is 19.9 Å². The summed E-state index contributed by atoms with van der Waals surface area (Å²) in [6.45, 7) is 4.20. The van der Waals surface area contributed by atoms with Crippen LogP contribution in [-0.2, 0) is 10.0 Å². The molecule has 0 spiro atoms. The largest absolute Gasteiger partial charge is 0.478 e. The molecule has 1 aliphatic rings. The van der Waals surface area contributed by atoms with E-state index in [1.54, 1.807) is 0 Å². The van der Waals surface area contributed by atoms with E-state index in [4.69, 9.17) is 5.11 Å². The monoisotopic (exact) mass is 313 g/mol. The van der Waals surface area contributed by atoms with Crippen LogP contribution in [-0.4, -0.2) is 36.9 Å². The molecule has 1 aromatic carbocycles. The minimum absolute atomic E-state index is 0.0508. The number of sulfonamides is 1. The SMILES string of the molecule is CC1=CC(C)CN(S(=O)(=O)c2ccc(C(=O)O)cc2F)C1. The first kappa shape index (κ1) is 15.7. The molecule has 1 unspecified atom stereocenters. The summed E-state index contributed by atoms with van der Waals surface area (Å²) in [4.78, 5) is 10.3. The molecule has 1 aromatic rings. The summed E-state index contributed by atoms with van der Waals surface area (Å²) in [6, 6.07) is 2.83. The number of benzene rings is 1. The Morgan fingerprint density at radius 1 is 1.43 bits per heavy atom. The number of hydrogen-bond acceptors (Lipinski definition) is 3. The Kier molecular flexibility index (Phi) is 4.15. The lowest BCUT2D eigenvalue weighted by molar-refractivity contribution is 0.0696. The highest BCUT2D eigenvalue weighted by atomic mass is 32.2. The van der Waals surface area contributed by atoms with Crippen LogP contribution in [0.15, 0.2) is 34.7 Å². The van der Waals surface area contributed by atoms with Gasteiger partial charge in [0.2, 0.25) is 10.0 Å². The molecular weight excluding hydrogens is 297 g/mol. The van der Waals surface area contributed by atoms with Crippen molar-refractivity contribution >= 4 is 16.0 Å². The van der Waals surface area contributed by atoms with Gasteiger partial charge in [-0.05, 0) is 31.0 Å². The first-order valence-electron chi connectivity index (χ1n) is 6.42. The molecule has 21 heavy (non-hydrogen) atoms. The molecule has 1 atom stereocenters. The third-order valence-electron chi connectivity index (χ3n) is 3.28. The number of rotatable bonds is 3. The standard InChI is InChI=1S/C14H16FNO4S/c1-9-5-10(2)8-16(7-9)21(19,20)13-4-3-11(14(17)18)6-12(13)15/h3-6,9H,7-8H2,1-2H3,(H,17,18). The highest BCUT2D eigenvalue weighted by Crippen LogP contribution is 2.25. The maximum Gasteiger partial charge on any atom is 0.335 e. The van der Waals surface area contributed by atoms with Crippen molar-refractivity contribution in [3.63, 3.8) is 0 Å². The number of halogens is 1. The van der Waals surface area contributed by atoms with Crippen molar-refractivity contribution in [2.45, 2.75) is 18.7 Å². The molecule has 0 radical (unpaired) electrons. The maximum atomic E-state index is 14.0. The molecule has 1 heterocycles. The second kappa shape index (κ2) is 5.57. The van der Waals surface area contributed by atoms with Gasteiger partial charge in [0.1, 0.15) is 10.7 Å². The number of nitrogens with zero attached hydrogens (tertiary/aromatic N) is 1. The summed E-state index contributed by atoms with van der Waals surface area (Å²) in [5.74, 6) is -2.30. The molecule has 0 fully saturated rings. The van der Waals surface area contributed by atoms with Gasteiger partial charge in [0.15, 0.2) is 0 Å². The van der Waals surface area contributed by atoms with Crippen LogP contribution in [0, 0.1) is 11.7 Å². The van der Waals surface area contributed by atoms with E-state index in [0.717, 1.165) is 23.8 Å². The Morgan fingerprint density at radius 2 is 2.10 bits per heavy atom. The summed E-state index contributed by atoms with van der Waals surface area (Å²) < 4.78 is 40.2. The van der Waals surface area contributed by atoms with Gasteiger partial charge in [-0.2, -0.15) is 4.31 Å². The van der Waals surface area contributed by atoms with Gasteiger partial charge in [0.25, 0.3) is 0 Å². The third-order valence-corrected chi connectivity index (χ3v) is 5.13. The van der Waals surface area contributed by atoms with Crippen molar-refractivity contribution < 1.29 is 22.7 Å². The second-order valence-electron chi connectivity index (χ2n) is 5.24. The van der Waals surface area contributed by atoms with Gasteiger partial charge >= 0.3 is 5.97 Å². The van der Waals surface area contributed by atoms with E-state index < -0.39 is 26.7 Å². The van der Waals surface area contributed by atoms with Gasteiger partial charge in [-0.25, -0.2) is 17.6 Å². The first-order chi connectivity index (χ1) is 9.71. The molecule has 2 rings (SSSR count). The number of carboxylic acids is 1. The fraction of sp³-hybridized carbons (Fsp3) is 0.357. The summed E-state index contributed by atoms with van der Waals surface area (Å²) in [5, 5.41) is 8.79. The highest BCUT2D eigenvalue weighted by molar-refractivity contribution is 7.89. The van der Waals surface area contributed by atoms with Crippen LogP contribution in [0.4, 0.5) is 4.39 Å². The van der Waals surface area contributed by atoms with E-state index in [0.29, 0.717) is 0 Å². The molecule has 1 N–H and O–H groups in total. The molecule has 5 nitrogen and oxygen atoms in total. The van der Waals surface area contributed by atoms with E-state index in [-0.39, 0.29) is 24.6 Å². The predicted molar refractivity (Wildman–Crippen MR) is 75.0 cm³/mol. The van der Waals surface area contributed by atoms with Crippen LogP contribution in [0.2, 0.25) is 0 Å². The molecule has 0 amide bonds. The summed E-state index contributed by atoms with van der Waals surface area (Å²) in [7, 11) is -3.98. The van der Waals surface area contributed by atoms with E-state index >= 15 is 0 Å². The van der Waals surface area contributed by atoms with Crippen LogP contribution in [0.1, 0.15) is 24.2 Å². The Morgan fingerprint density at radius 3 is 2.62 bits per heavy atom. The lowest BCUT2D eigenvalue weighted by atomic mass is 10.1. The lowest BCUT2D eigenvalue weighted by Crippen LogP contribution is -2.38. The normalized spacial score (nSPS) is 20.1. The van der Waals surface area contributed by atoms with Crippen molar-refractivity contribution in [2.24, 2.45) is 5.92 Å². The van der Waals surface area contributed by atoms with Gasteiger partial charge < -0.3 is 5.11 Å². The van der Waals surface area contributed by atoms with Crippen LogP contribution in [0.3, 0.4) is 0 Å². The van der Waals surface area contributed by atoms with Crippen LogP contribution >= 0.6 is 0 Å². The van der Waals surface area contributed by atoms with Gasteiger partial charge in [-0.1, -0.05) is 18.6 Å². The molecule has 0 aliphatic carbocycles. The Balaban J connectivity index is 2.41. The Hall–Kier alpha value is -1.73. The fourth-order valence-corrected chi connectivity index (χ4v) is 4.05. The number of carboxylic acid groups (broad SMARTS) is 1. The van der Waals surface area contributed by atoms with Crippen molar-refractivity contribution in [3.8, 4) is 0 Å². The number of hydrogen-bond donors (Lipinski definition) is 1. The van der Waals surface area contributed by atoms with Crippen molar-refractivity contribution in [1.29, 1.82) is 0 Å². The van der Waals surface area contributed by atoms with Crippen molar-refractivity contribution in [1.82, 2.24) is 4.31 Å². The van der Waals surface area contributed by atoms with Crippen LogP contribution in [0.25, 0.3) is 0 Å². The van der Waals surface area contributed by atoms with Gasteiger partial charge in [0.05, 0.1) is 5.56 Å². The molecular formula is C14H16FNO4S. The molecule has 0 bridgehead atoms. The average Bonchev–Trinajstić information content (AvgIpc) is 2.36. The van der Waals surface area contributed by atoms with E-state index in [2.05, 4.69) is 0 Å². The summed E-state index contributed by atoms with van der Waals surface area (Å²) >= 11 is 0. The summed E-state index contributed by atoms with van der Waals surface area (Å²) in [5.41, 5.74) is 0.620. The molecule has 0 saturated heterocycles. The molecule has 1 aliphatic heterocycles. The second-order valence-corrected chi connectivity index (χ2v) is 7.14. The number of aromatic carboxylic acids is 1. The molecule has 7 heteroatoms. The van der Waals surface area contributed by atoms with Crippen molar-refractivity contribution in [3.05, 3.63) is 41.2 Å². The minimum atomic E-state index is -3.98. The smallest absolute Gasteiger partial charge is 0.335 e. The topological polar surface area (TPSA) is 74.7 Å². The third kappa shape index (κ3) is 3.14. The summed E-state index contributed by atoms with van der Waals surface area (Å²) in [6.07, 6.45) is 1.98. The first-order valence-corrected chi connectivity index (χ1v) is 7.86. The fourth-order valence-electron chi connectivity index (χ4n) is 2.42. The maximum absolute atomic E-state index is 14.0. The molecule has 0 aromatic heterocycles. The zero-order chi connectivity index (χ0) is 15.8. The van der Waals surface area contributed by atoms with E-state index in [9.17, 15) is 17.6 Å². The average molecular weight is 313 g/mol. The Labute approximate surface area is 122 Å². The highest BCUT2D eigenvalue weighted by Gasteiger charge is 2.30. The van der Waals surface area contributed by atoms with Crippen LogP contribution in [0.5, 0.6) is 0 Å². The molecule has 114 valence electrons. The quantitative estimate of drug-likeness (QED) is 0.867. The number of carbonyl (C=O) groups is 1. The van der Waals surface area contributed by atoms with Crippen molar-refractivity contribution in [2.75, 3.05) is 13.1 Å².